The van der Waals surface area contributed by atoms with Crippen LogP contribution in [0.3, 0.4) is 0 Å². The van der Waals surface area contributed by atoms with Crippen molar-refractivity contribution in [1.82, 2.24) is 15.5 Å². The summed E-state index contributed by atoms with van der Waals surface area (Å²) in [6.45, 7) is 3.52. The highest BCUT2D eigenvalue weighted by atomic mass is 16.4. The molecule has 1 aromatic carbocycles. The zero-order valence-corrected chi connectivity index (χ0v) is 10.4. The zero-order valence-electron chi connectivity index (χ0n) is 10.4. The van der Waals surface area contributed by atoms with Gasteiger partial charge in [0.25, 0.3) is 0 Å². The molecule has 1 aromatic heterocycles. The highest BCUT2D eigenvalue weighted by molar-refractivity contribution is 5.76. The van der Waals surface area contributed by atoms with E-state index in [-0.39, 0.29) is 11.9 Å². The van der Waals surface area contributed by atoms with Crippen LogP contribution >= 0.6 is 0 Å². The second-order valence-electron chi connectivity index (χ2n) is 3.92. The van der Waals surface area contributed by atoms with Gasteiger partial charge in [-0.25, -0.2) is 0 Å². The third-order valence-electron chi connectivity index (χ3n) is 2.55. The Bertz CT molecular complexity index is 522. The van der Waals surface area contributed by atoms with Crippen molar-refractivity contribution in [3.8, 4) is 0 Å². The summed E-state index contributed by atoms with van der Waals surface area (Å²) < 4.78 is 5.41. The average Bonchev–Trinajstić information content (AvgIpc) is 2.83. The number of hydrogen-bond acceptors (Lipinski definition) is 4. The molecule has 0 saturated carbocycles. The molecule has 0 aliphatic heterocycles. The van der Waals surface area contributed by atoms with E-state index in [2.05, 4.69) is 15.5 Å². The minimum Gasteiger partial charge on any atom is -0.423 e. The molecule has 0 aliphatic rings. The Hall–Kier alpha value is -2.17. The normalized spacial score (nSPS) is 12.1. The van der Waals surface area contributed by atoms with E-state index in [0.717, 1.165) is 5.56 Å². The number of amides is 1. The maximum absolute atomic E-state index is 11.6. The summed E-state index contributed by atoms with van der Waals surface area (Å²) in [5.41, 5.74) is 0.919. The monoisotopic (exact) mass is 245 g/mol. The zero-order chi connectivity index (χ0) is 13.0. The standard InChI is InChI=1S/C13H15N3O2/c1-3-11(17)14-12(10-7-5-4-6-8-10)13-16-15-9(2)18-13/h4-8,12H,3H2,1-2H3,(H,14,17). The van der Waals surface area contributed by atoms with E-state index in [1.807, 2.05) is 30.3 Å². The van der Waals surface area contributed by atoms with Gasteiger partial charge >= 0.3 is 0 Å². The molecule has 0 aliphatic carbocycles. The number of nitrogens with zero attached hydrogens (tertiary/aromatic N) is 2. The topological polar surface area (TPSA) is 68.0 Å². The highest BCUT2D eigenvalue weighted by Gasteiger charge is 2.21. The van der Waals surface area contributed by atoms with Crippen molar-refractivity contribution in [3.05, 3.63) is 47.7 Å². The van der Waals surface area contributed by atoms with Crippen LogP contribution in [0.2, 0.25) is 0 Å². The summed E-state index contributed by atoms with van der Waals surface area (Å²) in [5.74, 6) is 0.830. The van der Waals surface area contributed by atoms with Crippen molar-refractivity contribution in [2.45, 2.75) is 26.3 Å². The minimum atomic E-state index is -0.389. The van der Waals surface area contributed by atoms with Gasteiger partial charge in [-0.15, -0.1) is 10.2 Å². The Morgan fingerprint density at radius 3 is 2.61 bits per heavy atom. The number of benzene rings is 1. The van der Waals surface area contributed by atoms with Crippen LogP contribution in [0.1, 0.15) is 36.7 Å². The molecule has 1 amide bonds. The molecular formula is C13H15N3O2. The molecule has 18 heavy (non-hydrogen) atoms. The van der Waals surface area contributed by atoms with Crippen molar-refractivity contribution in [2.75, 3.05) is 0 Å². The van der Waals surface area contributed by atoms with Crippen molar-refractivity contribution in [3.63, 3.8) is 0 Å². The smallest absolute Gasteiger partial charge is 0.243 e. The van der Waals surface area contributed by atoms with Gasteiger partial charge in [-0.05, 0) is 5.56 Å². The maximum atomic E-state index is 11.6. The van der Waals surface area contributed by atoms with Crippen LogP contribution in [0.15, 0.2) is 34.7 Å². The fourth-order valence-corrected chi connectivity index (χ4v) is 1.62. The SMILES string of the molecule is CCC(=O)NC(c1ccccc1)c1nnc(C)o1. The van der Waals surface area contributed by atoms with E-state index in [4.69, 9.17) is 4.42 Å². The Morgan fingerprint density at radius 2 is 2.06 bits per heavy atom. The molecule has 1 N–H and O–H groups in total. The predicted octanol–water partition coefficient (Wildman–Crippen LogP) is 1.99. The summed E-state index contributed by atoms with van der Waals surface area (Å²) in [6.07, 6.45) is 0.413. The minimum absolute atomic E-state index is 0.0558. The number of aryl methyl sites for hydroxylation is 1. The van der Waals surface area contributed by atoms with Gasteiger partial charge in [0.2, 0.25) is 17.7 Å². The number of carbonyl (C=O) groups excluding carboxylic acids is 1. The van der Waals surface area contributed by atoms with E-state index in [1.54, 1.807) is 13.8 Å². The summed E-state index contributed by atoms with van der Waals surface area (Å²) in [7, 11) is 0. The predicted molar refractivity (Wildman–Crippen MR) is 65.8 cm³/mol. The van der Waals surface area contributed by atoms with Crippen LogP contribution in [0, 0.1) is 6.92 Å². The van der Waals surface area contributed by atoms with Gasteiger partial charge in [-0.3, -0.25) is 4.79 Å². The van der Waals surface area contributed by atoms with Gasteiger partial charge < -0.3 is 9.73 Å². The lowest BCUT2D eigenvalue weighted by atomic mass is 10.1. The van der Waals surface area contributed by atoms with Crippen LogP contribution in [0.25, 0.3) is 0 Å². The van der Waals surface area contributed by atoms with Crippen LogP contribution < -0.4 is 5.32 Å². The molecular weight excluding hydrogens is 230 g/mol. The number of rotatable bonds is 4. The average molecular weight is 245 g/mol. The molecule has 2 rings (SSSR count). The van der Waals surface area contributed by atoms with Crippen LogP contribution in [0.4, 0.5) is 0 Å². The summed E-state index contributed by atoms with van der Waals surface area (Å²) >= 11 is 0. The Balaban J connectivity index is 2.32. The molecule has 1 heterocycles. The maximum Gasteiger partial charge on any atom is 0.243 e. The lowest BCUT2D eigenvalue weighted by molar-refractivity contribution is -0.121. The quantitative estimate of drug-likeness (QED) is 0.894. The molecule has 0 radical (unpaired) electrons. The van der Waals surface area contributed by atoms with E-state index >= 15 is 0 Å². The molecule has 0 bridgehead atoms. The van der Waals surface area contributed by atoms with E-state index in [9.17, 15) is 4.79 Å². The number of hydrogen-bond donors (Lipinski definition) is 1. The number of carbonyl (C=O) groups is 1. The van der Waals surface area contributed by atoms with Gasteiger partial charge in [0, 0.05) is 13.3 Å². The van der Waals surface area contributed by atoms with Crippen molar-refractivity contribution in [1.29, 1.82) is 0 Å². The number of nitrogens with one attached hydrogen (secondary N) is 1. The van der Waals surface area contributed by atoms with Gasteiger partial charge in [0.05, 0.1) is 0 Å². The first-order valence-corrected chi connectivity index (χ1v) is 5.85. The van der Waals surface area contributed by atoms with Crippen molar-refractivity contribution < 1.29 is 9.21 Å². The molecule has 5 nitrogen and oxygen atoms in total. The summed E-state index contributed by atoms with van der Waals surface area (Å²) in [5, 5.41) is 10.7. The molecule has 0 saturated heterocycles. The molecule has 2 aromatic rings. The Kier molecular flexibility index (Phi) is 3.72. The number of aromatic nitrogens is 2. The van der Waals surface area contributed by atoms with Crippen LogP contribution in [-0.2, 0) is 4.79 Å². The first-order chi connectivity index (χ1) is 8.70. The van der Waals surface area contributed by atoms with E-state index < -0.39 is 0 Å². The van der Waals surface area contributed by atoms with Gasteiger partial charge in [-0.1, -0.05) is 37.3 Å². The Labute approximate surface area is 105 Å². The first-order valence-electron chi connectivity index (χ1n) is 5.85. The third kappa shape index (κ3) is 2.74. The van der Waals surface area contributed by atoms with Gasteiger partial charge in [0.1, 0.15) is 6.04 Å². The fraction of sp³-hybridized carbons (Fsp3) is 0.308. The van der Waals surface area contributed by atoms with Gasteiger partial charge in [0.15, 0.2) is 0 Å². The molecule has 0 spiro atoms. The van der Waals surface area contributed by atoms with Crippen molar-refractivity contribution >= 4 is 5.91 Å². The fourth-order valence-electron chi connectivity index (χ4n) is 1.62. The van der Waals surface area contributed by atoms with Crippen LogP contribution in [0.5, 0.6) is 0 Å². The summed E-state index contributed by atoms with van der Waals surface area (Å²) in [6, 6.07) is 9.18. The Morgan fingerprint density at radius 1 is 1.33 bits per heavy atom. The van der Waals surface area contributed by atoms with Gasteiger partial charge in [-0.2, -0.15) is 0 Å². The lowest BCUT2D eigenvalue weighted by Crippen LogP contribution is -2.28. The molecule has 0 fully saturated rings. The summed E-state index contributed by atoms with van der Waals surface area (Å²) in [4.78, 5) is 11.6. The second-order valence-corrected chi connectivity index (χ2v) is 3.92. The molecule has 5 heteroatoms. The largest absolute Gasteiger partial charge is 0.423 e. The van der Waals surface area contributed by atoms with E-state index in [0.29, 0.717) is 18.2 Å². The van der Waals surface area contributed by atoms with Crippen LogP contribution in [-0.4, -0.2) is 16.1 Å². The molecule has 94 valence electrons. The third-order valence-corrected chi connectivity index (χ3v) is 2.55. The highest BCUT2D eigenvalue weighted by Crippen LogP contribution is 2.20. The second kappa shape index (κ2) is 5.44. The molecule has 1 atom stereocenters. The van der Waals surface area contributed by atoms with E-state index in [1.165, 1.54) is 0 Å². The lowest BCUT2D eigenvalue weighted by Gasteiger charge is -2.14. The van der Waals surface area contributed by atoms with Crippen molar-refractivity contribution in [2.24, 2.45) is 0 Å². The molecule has 1 unspecified atom stereocenters. The first kappa shape index (κ1) is 12.3.